The molecule has 0 atom stereocenters. The highest BCUT2D eigenvalue weighted by atomic mass is 35.5. The standard InChI is InChI=1S/C21H25ClN2O3S/c1-17-5-7-20(8-6-17)28(26,27)14-9-21(25)24-12-10-23(11-13-24)16-18-3-2-4-19(22)15-18/h2-8,15H,9-14,16H2,1H3/p+1. The van der Waals surface area contributed by atoms with Crippen LogP contribution in [0.1, 0.15) is 17.5 Å². The lowest BCUT2D eigenvalue weighted by molar-refractivity contribution is -0.917. The molecule has 1 saturated heterocycles. The minimum Gasteiger partial charge on any atom is -0.331 e. The van der Waals surface area contributed by atoms with Gasteiger partial charge >= 0.3 is 0 Å². The Bertz CT molecular complexity index is 921. The van der Waals surface area contributed by atoms with E-state index < -0.39 is 9.84 Å². The molecule has 0 saturated carbocycles. The van der Waals surface area contributed by atoms with Gasteiger partial charge in [0.2, 0.25) is 5.91 Å². The van der Waals surface area contributed by atoms with E-state index in [-0.39, 0.29) is 23.0 Å². The minimum atomic E-state index is -3.43. The molecule has 3 rings (SSSR count). The van der Waals surface area contributed by atoms with E-state index in [1.54, 1.807) is 29.2 Å². The van der Waals surface area contributed by atoms with Gasteiger partial charge in [-0.05, 0) is 31.2 Å². The predicted molar refractivity (Wildman–Crippen MR) is 110 cm³/mol. The molecule has 1 N–H and O–H groups in total. The number of quaternary nitrogens is 1. The second kappa shape index (κ2) is 9.07. The van der Waals surface area contributed by atoms with Gasteiger partial charge in [0.05, 0.1) is 36.8 Å². The van der Waals surface area contributed by atoms with Gasteiger partial charge in [-0.2, -0.15) is 0 Å². The molecular weight excluding hydrogens is 396 g/mol. The molecular formula is C21H26ClN2O3S+. The molecule has 1 fully saturated rings. The molecule has 1 aliphatic rings. The van der Waals surface area contributed by atoms with E-state index in [2.05, 4.69) is 6.07 Å². The molecule has 1 amide bonds. The molecule has 1 aliphatic heterocycles. The maximum absolute atomic E-state index is 12.5. The normalized spacial score (nSPS) is 15.6. The van der Waals surface area contributed by atoms with Crippen molar-refractivity contribution in [2.45, 2.75) is 24.8 Å². The molecule has 1 heterocycles. The highest BCUT2D eigenvalue weighted by Crippen LogP contribution is 2.14. The van der Waals surface area contributed by atoms with Gasteiger partial charge in [-0.25, -0.2) is 8.42 Å². The van der Waals surface area contributed by atoms with Crippen molar-refractivity contribution in [3.05, 3.63) is 64.7 Å². The number of carbonyl (C=O) groups excluding carboxylic acids is 1. The first-order chi connectivity index (χ1) is 13.3. The Morgan fingerprint density at radius 2 is 1.79 bits per heavy atom. The average molecular weight is 422 g/mol. The quantitative estimate of drug-likeness (QED) is 0.772. The first-order valence-electron chi connectivity index (χ1n) is 9.49. The van der Waals surface area contributed by atoms with Crippen LogP contribution in [0.15, 0.2) is 53.4 Å². The Hall–Kier alpha value is -1.89. The SMILES string of the molecule is Cc1ccc(S(=O)(=O)CCC(=O)N2CC[NH+](Cc3cccc(Cl)c3)CC2)cc1. The third kappa shape index (κ3) is 5.56. The lowest BCUT2D eigenvalue weighted by atomic mass is 10.2. The monoisotopic (exact) mass is 421 g/mol. The first kappa shape index (κ1) is 20.8. The van der Waals surface area contributed by atoms with Gasteiger partial charge in [0.25, 0.3) is 0 Å². The molecule has 5 nitrogen and oxygen atoms in total. The molecule has 0 unspecified atom stereocenters. The Morgan fingerprint density at radius 1 is 1.11 bits per heavy atom. The summed E-state index contributed by atoms with van der Waals surface area (Å²) >= 11 is 6.04. The van der Waals surface area contributed by atoms with Gasteiger partial charge in [0.15, 0.2) is 9.84 Å². The van der Waals surface area contributed by atoms with Gasteiger partial charge in [-0.1, -0.05) is 41.4 Å². The molecule has 150 valence electrons. The van der Waals surface area contributed by atoms with Crippen LogP contribution in [0.25, 0.3) is 0 Å². The number of amides is 1. The second-order valence-corrected chi connectivity index (χ2v) is 9.86. The summed E-state index contributed by atoms with van der Waals surface area (Å²) in [7, 11) is -3.43. The smallest absolute Gasteiger partial charge is 0.224 e. The van der Waals surface area contributed by atoms with Gasteiger partial charge in [-0.15, -0.1) is 0 Å². The van der Waals surface area contributed by atoms with Crippen molar-refractivity contribution < 1.29 is 18.1 Å². The summed E-state index contributed by atoms with van der Waals surface area (Å²) in [6.45, 7) is 5.79. The van der Waals surface area contributed by atoms with Crippen LogP contribution in [0.5, 0.6) is 0 Å². The highest BCUT2D eigenvalue weighted by Gasteiger charge is 2.25. The number of hydrogen-bond donors (Lipinski definition) is 1. The molecule has 0 radical (unpaired) electrons. The van der Waals surface area contributed by atoms with Crippen molar-refractivity contribution in [1.29, 1.82) is 0 Å². The topological polar surface area (TPSA) is 58.9 Å². The Morgan fingerprint density at radius 3 is 2.43 bits per heavy atom. The van der Waals surface area contributed by atoms with Gasteiger partial charge in [0.1, 0.15) is 6.54 Å². The van der Waals surface area contributed by atoms with E-state index in [9.17, 15) is 13.2 Å². The Labute approximate surface area is 171 Å². The zero-order valence-corrected chi connectivity index (χ0v) is 17.6. The number of carbonyl (C=O) groups is 1. The van der Waals surface area contributed by atoms with E-state index >= 15 is 0 Å². The summed E-state index contributed by atoms with van der Waals surface area (Å²) in [4.78, 5) is 15.9. The van der Waals surface area contributed by atoms with Crippen molar-refractivity contribution in [1.82, 2.24) is 4.90 Å². The minimum absolute atomic E-state index is 0.0276. The second-order valence-electron chi connectivity index (χ2n) is 7.32. The summed E-state index contributed by atoms with van der Waals surface area (Å²) in [6.07, 6.45) is 0.0276. The number of nitrogens with one attached hydrogen (secondary N) is 1. The van der Waals surface area contributed by atoms with E-state index in [4.69, 9.17) is 11.6 Å². The van der Waals surface area contributed by atoms with E-state index in [1.807, 2.05) is 25.1 Å². The van der Waals surface area contributed by atoms with E-state index in [0.717, 1.165) is 30.2 Å². The fourth-order valence-electron chi connectivity index (χ4n) is 3.43. The van der Waals surface area contributed by atoms with Crippen molar-refractivity contribution in [3.8, 4) is 0 Å². The molecule has 7 heteroatoms. The maximum atomic E-state index is 12.5. The molecule has 0 spiro atoms. The molecule has 2 aromatic carbocycles. The van der Waals surface area contributed by atoms with Crippen molar-refractivity contribution in [2.24, 2.45) is 0 Å². The summed E-state index contributed by atoms with van der Waals surface area (Å²) in [5.74, 6) is -0.234. The Kier molecular flexibility index (Phi) is 6.75. The largest absolute Gasteiger partial charge is 0.331 e. The predicted octanol–water partition coefficient (Wildman–Crippen LogP) is 1.74. The number of nitrogens with zero attached hydrogens (tertiary/aromatic N) is 1. The maximum Gasteiger partial charge on any atom is 0.224 e. The van der Waals surface area contributed by atoms with Crippen molar-refractivity contribution in [3.63, 3.8) is 0 Å². The summed E-state index contributed by atoms with van der Waals surface area (Å²) in [6, 6.07) is 14.6. The third-order valence-electron chi connectivity index (χ3n) is 5.13. The van der Waals surface area contributed by atoms with Gasteiger partial charge in [0, 0.05) is 17.0 Å². The van der Waals surface area contributed by atoms with Crippen LogP contribution in [0, 0.1) is 6.92 Å². The highest BCUT2D eigenvalue weighted by molar-refractivity contribution is 7.91. The number of hydrogen-bond acceptors (Lipinski definition) is 3. The zero-order valence-electron chi connectivity index (χ0n) is 16.0. The van der Waals surface area contributed by atoms with Crippen LogP contribution in [-0.4, -0.2) is 51.2 Å². The van der Waals surface area contributed by atoms with Crippen molar-refractivity contribution in [2.75, 3.05) is 31.9 Å². The van der Waals surface area contributed by atoms with Crippen LogP contribution in [0.3, 0.4) is 0 Å². The molecule has 2 aromatic rings. The first-order valence-corrected chi connectivity index (χ1v) is 11.5. The Balaban J connectivity index is 1.48. The molecule has 28 heavy (non-hydrogen) atoms. The molecule has 0 aromatic heterocycles. The number of sulfone groups is 1. The number of rotatable bonds is 6. The number of halogens is 1. The summed E-state index contributed by atoms with van der Waals surface area (Å²) < 4.78 is 24.9. The van der Waals surface area contributed by atoms with E-state index in [1.165, 1.54) is 10.5 Å². The third-order valence-corrected chi connectivity index (χ3v) is 7.10. The van der Waals surface area contributed by atoms with Crippen LogP contribution >= 0.6 is 11.6 Å². The number of piperazine rings is 1. The summed E-state index contributed by atoms with van der Waals surface area (Å²) in [5.41, 5.74) is 2.19. The zero-order chi connectivity index (χ0) is 20.1. The van der Waals surface area contributed by atoms with E-state index in [0.29, 0.717) is 13.1 Å². The summed E-state index contributed by atoms with van der Waals surface area (Å²) in [5, 5.41) is 0.737. The van der Waals surface area contributed by atoms with Crippen molar-refractivity contribution >= 4 is 27.3 Å². The number of aryl methyl sites for hydroxylation is 1. The molecule has 0 bridgehead atoms. The van der Waals surface area contributed by atoms with Gasteiger partial charge in [-0.3, -0.25) is 4.79 Å². The fraction of sp³-hybridized carbons (Fsp3) is 0.381. The van der Waals surface area contributed by atoms with Gasteiger partial charge < -0.3 is 9.80 Å². The lowest BCUT2D eigenvalue weighted by Crippen LogP contribution is -3.13. The molecule has 0 aliphatic carbocycles. The average Bonchev–Trinajstić information content (AvgIpc) is 2.67. The van der Waals surface area contributed by atoms with Crippen LogP contribution in [0.4, 0.5) is 0 Å². The fourth-order valence-corrected chi connectivity index (χ4v) is 4.87. The van der Waals surface area contributed by atoms with Crippen LogP contribution in [-0.2, 0) is 21.2 Å². The van der Waals surface area contributed by atoms with Crippen LogP contribution < -0.4 is 4.90 Å². The number of benzene rings is 2. The lowest BCUT2D eigenvalue weighted by Gasteiger charge is -2.32. The van der Waals surface area contributed by atoms with Crippen LogP contribution in [0.2, 0.25) is 5.02 Å².